The number of Topliss-reactive ketones (excluding diaryl/α,β-unsaturated/α-hetero) is 1. The fourth-order valence-electron chi connectivity index (χ4n) is 5.35. The van der Waals surface area contributed by atoms with Gasteiger partial charge in [-0.15, -0.1) is 0 Å². The minimum atomic E-state index is -0.771. The zero-order valence-corrected chi connectivity index (χ0v) is 11.0. The van der Waals surface area contributed by atoms with Crippen LogP contribution in [0.3, 0.4) is 0 Å². The molecular weight excluding hydrogens is 212 g/mol. The number of carbonyl (C=O) groups is 1. The molecule has 3 fully saturated rings. The number of hydrogen-bond acceptors (Lipinski definition) is 2. The smallest absolute Gasteiger partial charge is 0.165 e. The molecule has 17 heavy (non-hydrogen) atoms. The van der Waals surface area contributed by atoms with Gasteiger partial charge in [0.15, 0.2) is 5.78 Å². The summed E-state index contributed by atoms with van der Waals surface area (Å²) in [5, 5.41) is 10.2. The molecule has 0 amide bonds. The summed E-state index contributed by atoms with van der Waals surface area (Å²) in [6.45, 7) is 10.6. The Morgan fingerprint density at radius 3 is 2.65 bits per heavy atom. The van der Waals surface area contributed by atoms with Gasteiger partial charge in [-0.3, -0.25) is 4.79 Å². The molecule has 0 aliphatic heterocycles. The number of rotatable bonds is 0. The number of allylic oxidation sites excluding steroid dienone is 1. The average Bonchev–Trinajstić information content (AvgIpc) is 2.74. The average molecular weight is 234 g/mol. The van der Waals surface area contributed by atoms with Gasteiger partial charge in [0.2, 0.25) is 0 Å². The summed E-state index contributed by atoms with van der Waals surface area (Å²) in [6, 6.07) is 0. The molecule has 3 saturated carbocycles. The summed E-state index contributed by atoms with van der Waals surface area (Å²) >= 11 is 0. The SMILES string of the molecule is C=C1C2CCC13[C@H](C)C(=O)C(O)C(C)C3(C)C2. The molecule has 3 rings (SSSR count). The Morgan fingerprint density at radius 1 is 1.41 bits per heavy atom. The van der Waals surface area contributed by atoms with E-state index in [9.17, 15) is 9.90 Å². The van der Waals surface area contributed by atoms with Gasteiger partial charge in [-0.25, -0.2) is 0 Å². The number of carbonyl (C=O) groups excluding carboxylic acids is 1. The van der Waals surface area contributed by atoms with Gasteiger partial charge in [-0.1, -0.05) is 32.9 Å². The molecule has 0 saturated heterocycles. The Kier molecular flexibility index (Phi) is 2.04. The van der Waals surface area contributed by atoms with Gasteiger partial charge in [0.25, 0.3) is 0 Å². The van der Waals surface area contributed by atoms with Crippen molar-refractivity contribution in [2.45, 2.75) is 46.1 Å². The third-order valence-corrected chi connectivity index (χ3v) is 6.58. The normalized spacial score (nSPS) is 57.4. The zero-order chi connectivity index (χ0) is 12.6. The van der Waals surface area contributed by atoms with E-state index in [2.05, 4.69) is 13.5 Å². The topological polar surface area (TPSA) is 37.3 Å². The van der Waals surface area contributed by atoms with Gasteiger partial charge < -0.3 is 5.11 Å². The van der Waals surface area contributed by atoms with Crippen molar-refractivity contribution in [3.63, 3.8) is 0 Å². The van der Waals surface area contributed by atoms with Crippen LogP contribution >= 0.6 is 0 Å². The second kappa shape index (κ2) is 3.03. The third-order valence-electron chi connectivity index (χ3n) is 6.58. The number of hydrogen-bond donors (Lipinski definition) is 1. The van der Waals surface area contributed by atoms with E-state index in [0.717, 1.165) is 12.8 Å². The van der Waals surface area contributed by atoms with Gasteiger partial charge in [0, 0.05) is 11.3 Å². The Balaban J connectivity index is 2.19. The fraction of sp³-hybridized carbons (Fsp3) is 0.800. The first-order valence-electron chi connectivity index (χ1n) is 6.77. The minimum absolute atomic E-state index is 0.0204. The molecule has 2 heteroatoms. The van der Waals surface area contributed by atoms with Crippen molar-refractivity contribution in [2.24, 2.45) is 28.6 Å². The highest BCUT2D eigenvalue weighted by atomic mass is 16.3. The van der Waals surface area contributed by atoms with E-state index in [0.29, 0.717) is 5.92 Å². The first-order valence-corrected chi connectivity index (χ1v) is 6.77. The predicted octanol–water partition coefficient (Wildman–Crippen LogP) is 2.56. The van der Waals surface area contributed by atoms with Crippen molar-refractivity contribution in [2.75, 3.05) is 0 Å². The number of fused-ring (bicyclic) bond motifs is 1. The molecule has 0 aromatic carbocycles. The lowest BCUT2D eigenvalue weighted by molar-refractivity contribution is -0.162. The maximum absolute atomic E-state index is 12.3. The summed E-state index contributed by atoms with van der Waals surface area (Å²) in [7, 11) is 0. The molecule has 3 aliphatic carbocycles. The Morgan fingerprint density at radius 2 is 2.06 bits per heavy atom. The van der Waals surface area contributed by atoms with E-state index < -0.39 is 6.10 Å². The molecule has 6 atom stereocenters. The van der Waals surface area contributed by atoms with Crippen LogP contribution in [0.15, 0.2) is 12.2 Å². The minimum Gasteiger partial charge on any atom is -0.385 e. The van der Waals surface area contributed by atoms with Crippen LogP contribution in [0.25, 0.3) is 0 Å². The van der Waals surface area contributed by atoms with Crippen LogP contribution in [-0.2, 0) is 4.79 Å². The predicted molar refractivity (Wildman–Crippen MR) is 66.4 cm³/mol. The Bertz CT molecular complexity index is 413. The molecule has 94 valence electrons. The van der Waals surface area contributed by atoms with Crippen molar-refractivity contribution in [1.82, 2.24) is 0 Å². The van der Waals surface area contributed by atoms with Crippen molar-refractivity contribution < 1.29 is 9.90 Å². The molecule has 2 nitrogen and oxygen atoms in total. The highest BCUT2D eigenvalue weighted by Gasteiger charge is 2.70. The largest absolute Gasteiger partial charge is 0.385 e. The number of aliphatic hydroxyl groups is 1. The van der Waals surface area contributed by atoms with E-state index in [-0.39, 0.29) is 28.4 Å². The lowest BCUT2D eigenvalue weighted by Crippen LogP contribution is -2.58. The third kappa shape index (κ3) is 0.965. The standard InChI is InChI=1S/C15H22O2/c1-8-11-5-6-15(8)10(3)13(17)12(16)9(2)14(15,4)7-11/h9-12,16H,1,5-7H2,2-4H3/t9?,10-,11?,12?,14?,15?/m1/s1. The molecule has 0 aromatic rings. The van der Waals surface area contributed by atoms with E-state index in [1.807, 2.05) is 13.8 Å². The van der Waals surface area contributed by atoms with Gasteiger partial charge >= 0.3 is 0 Å². The van der Waals surface area contributed by atoms with Crippen molar-refractivity contribution in [3.05, 3.63) is 12.2 Å². The summed E-state index contributed by atoms with van der Waals surface area (Å²) < 4.78 is 0. The van der Waals surface area contributed by atoms with Gasteiger partial charge in [-0.2, -0.15) is 0 Å². The lowest BCUT2D eigenvalue weighted by atomic mass is 9.47. The van der Waals surface area contributed by atoms with E-state index in [1.165, 1.54) is 12.0 Å². The van der Waals surface area contributed by atoms with Crippen LogP contribution in [0, 0.1) is 28.6 Å². The van der Waals surface area contributed by atoms with Gasteiger partial charge in [0.05, 0.1) is 0 Å². The number of aliphatic hydroxyl groups excluding tert-OH is 1. The van der Waals surface area contributed by atoms with Gasteiger partial charge in [-0.05, 0) is 36.5 Å². The fourth-order valence-corrected chi connectivity index (χ4v) is 5.35. The quantitative estimate of drug-likeness (QED) is 0.654. The highest BCUT2D eigenvalue weighted by molar-refractivity contribution is 5.88. The molecule has 1 N–H and O–H groups in total. The van der Waals surface area contributed by atoms with Crippen LogP contribution in [0.4, 0.5) is 0 Å². The van der Waals surface area contributed by atoms with Crippen LogP contribution < -0.4 is 0 Å². The van der Waals surface area contributed by atoms with E-state index in [4.69, 9.17) is 0 Å². The first kappa shape index (κ1) is 11.5. The maximum Gasteiger partial charge on any atom is 0.165 e. The molecule has 0 heterocycles. The van der Waals surface area contributed by atoms with Crippen molar-refractivity contribution >= 4 is 5.78 Å². The first-order chi connectivity index (χ1) is 7.86. The molecular formula is C15H22O2. The Hall–Kier alpha value is -0.630. The van der Waals surface area contributed by atoms with Crippen molar-refractivity contribution in [1.29, 1.82) is 0 Å². The molecule has 0 aromatic heterocycles. The Labute approximate surface area is 103 Å². The van der Waals surface area contributed by atoms with Crippen LogP contribution in [0.2, 0.25) is 0 Å². The van der Waals surface area contributed by atoms with Crippen LogP contribution in [-0.4, -0.2) is 17.0 Å². The van der Waals surface area contributed by atoms with Crippen LogP contribution in [0.1, 0.15) is 40.0 Å². The zero-order valence-electron chi connectivity index (χ0n) is 11.0. The second-order valence-corrected chi connectivity index (χ2v) is 6.71. The van der Waals surface area contributed by atoms with E-state index in [1.54, 1.807) is 0 Å². The number of ketones is 1. The lowest BCUT2D eigenvalue weighted by Gasteiger charge is -2.56. The van der Waals surface area contributed by atoms with E-state index >= 15 is 0 Å². The molecule has 0 radical (unpaired) electrons. The molecule has 2 bridgehead atoms. The second-order valence-electron chi connectivity index (χ2n) is 6.71. The summed E-state index contributed by atoms with van der Waals surface area (Å²) in [5.41, 5.74) is 1.35. The summed E-state index contributed by atoms with van der Waals surface area (Å²) in [5.74, 6) is 0.633. The molecule has 5 unspecified atom stereocenters. The summed E-state index contributed by atoms with van der Waals surface area (Å²) in [6.07, 6.45) is 2.63. The summed E-state index contributed by atoms with van der Waals surface area (Å²) in [4.78, 5) is 12.3. The monoisotopic (exact) mass is 234 g/mol. The van der Waals surface area contributed by atoms with Crippen LogP contribution in [0.5, 0.6) is 0 Å². The van der Waals surface area contributed by atoms with Gasteiger partial charge in [0.1, 0.15) is 6.10 Å². The maximum atomic E-state index is 12.3. The highest BCUT2D eigenvalue weighted by Crippen LogP contribution is 2.74. The molecule has 3 aliphatic rings. The van der Waals surface area contributed by atoms with Crippen molar-refractivity contribution in [3.8, 4) is 0 Å². The molecule has 1 spiro atoms.